The SMILES string of the molecule is COc1ccc(C(=O)Oc2ccccc2/C=C(\C#N)C(=O)Nc2ccc(Cl)c(Cl)c2)cc1. The summed E-state index contributed by atoms with van der Waals surface area (Å²) >= 11 is 11.8. The van der Waals surface area contributed by atoms with Crippen molar-refractivity contribution in [3.8, 4) is 17.6 Å². The van der Waals surface area contributed by atoms with Gasteiger partial charge in [-0.25, -0.2) is 4.79 Å². The van der Waals surface area contributed by atoms with Crippen molar-refractivity contribution < 1.29 is 19.1 Å². The van der Waals surface area contributed by atoms with Gasteiger partial charge in [-0.2, -0.15) is 5.26 Å². The Hall–Kier alpha value is -3.79. The maximum absolute atomic E-state index is 12.6. The summed E-state index contributed by atoms with van der Waals surface area (Å²) in [6.45, 7) is 0. The van der Waals surface area contributed by atoms with Crippen LogP contribution in [0.4, 0.5) is 5.69 Å². The molecule has 0 saturated heterocycles. The number of carbonyl (C=O) groups excluding carboxylic acids is 2. The Kier molecular flexibility index (Phi) is 7.50. The lowest BCUT2D eigenvalue weighted by molar-refractivity contribution is -0.112. The van der Waals surface area contributed by atoms with Gasteiger partial charge >= 0.3 is 5.97 Å². The Bertz CT molecular complexity index is 1230. The second kappa shape index (κ2) is 10.5. The molecule has 3 rings (SSSR count). The zero-order chi connectivity index (χ0) is 23.1. The highest BCUT2D eigenvalue weighted by Gasteiger charge is 2.14. The van der Waals surface area contributed by atoms with E-state index < -0.39 is 11.9 Å². The molecule has 0 aliphatic rings. The number of halogens is 2. The van der Waals surface area contributed by atoms with Crippen molar-refractivity contribution in [1.29, 1.82) is 5.26 Å². The van der Waals surface area contributed by atoms with Crippen LogP contribution in [0, 0.1) is 11.3 Å². The summed E-state index contributed by atoms with van der Waals surface area (Å²) in [6.07, 6.45) is 1.34. The molecule has 0 unspecified atom stereocenters. The van der Waals surface area contributed by atoms with Gasteiger partial charge < -0.3 is 14.8 Å². The molecule has 1 amide bonds. The number of esters is 1. The van der Waals surface area contributed by atoms with Gasteiger partial charge in [0, 0.05) is 11.3 Å². The lowest BCUT2D eigenvalue weighted by atomic mass is 10.1. The molecule has 0 aliphatic heterocycles. The molecule has 0 aliphatic carbocycles. The first kappa shape index (κ1) is 22.9. The molecule has 6 nitrogen and oxygen atoms in total. The van der Waals surface area contributed by atoms with E-state index in [1.807, 2.05) is 6.07 Å². The lowest BCUT2D eigenvalue weighted by Gasteiger charge is -2.09. The summed E-state index contributed by atoms with van der Waals surface area (Å²) in [6, 6.07) is 19.4. The average Bonchev–Trinajstić information content (AvgIpc) is 2.80. The van der Waals surface area contributed by atoms with Gasteiger partial charge in [-0.1, -0.05) is 41.4 Å². The predicted octanol–water partition coefficient (Wildman–Crippen LogP) is 5.77. The van der Waals surface area contributed by atoms with Gasteiger partial charge in [-0.05, 0) is 54.6 Å². The predicted molar refractivity (Wildman–Crippen MR) is 123 cm³/mol. The van der Waals surface area contributed by atoms with Crippen LogP contribution in [0.25, 0.3) is 6.08 Å². The number of para-hydroxylation sites is 1. The summed E-state index contributed by atoms with van der Waals surface area (Å²) in [7, 11) is 1.53. The van der Waals surface area contributed by atoms with Gasteiger partial charge in [0.15, 0.2) is 0 Å². The van der Waals surface area contributed by atoms with Crippen LogP contribution < -0.4 is 14.8 Å². The van der Waals surface area contributed by atoms with Crippen LogP contribution in [-0.4, -0.2) is 19.0 Å². The number of hydrogen-bond acceptors (Lipinski definition) is 5. The van der Waals surface area contributed by atoms with Crippen LogP contribution in [0.5, 0.6) is 11.5 Å². The van der Waals surface area contributed by atoms with E-state index in [0.717, 1.165) is 0 Å². The average molecular weight is 467 g/mol. The number of hydrogen-bond donors (Lipinski definition) is 1. The molecular formula is C24H16Cl2N2O4. The van der Waals surface area contributed by atoms with E-state index in [2.05, 4.69) is 5.32 Å². The third kappa shape index (κ3) is 5.67. The molecule has 0 spiro atoms. The van der Waals surface area contributed by atoms with Gasteiger partial charge in [-0.15, -0.1) is 0 Å². The van der Waals surface area contributed by atoms with E-state index in [0.29, 0.717) is 27.6 Å². The molecule has 0 heterocycles. The largest absolute Gasteiger partial charge is 0.497 e. The summed E-state index contributed by atoms with van der Waals surface area (Å²) < 4.78 is 10.6. The van der Waals surface area contributed by atoms with Gasteiger partial charge in [0.1, 0.15) is 23.1 Å². The maximum atomic E-state index is 12.6. The Labute approximate surface area is 194 Å². The van der Waals surface area contributed by atoms with Crippen LogP contribution in [0.2, 0.25) is 10.0 Å². The highest BCUT2D eigenvalue weighted by Crippen LogP contribution is 2.26. The minimum Gasteiger partial charge on any atom is -0.497 e. The van der Waals surface area contributed by atoms with E-state index in [1.54, 1.807) is 54.6 Å². The van der Waals surface area contributed by atoms with Gasteiger partial charge in [-0.3, -0.25) is 4.79 Å². The fourth-order valence-corrected chi connectivity index (χ4v) is 2.95. The maximum Gasteiger partial charge on any atom is 0.343 e. The van der Waals surface area contributed by atoms with Gasteiger partial charge in [0.25, 0.3) is 5.91 Å². The third-order valence-electron chi connectivity index (χ3n) is 4.29. The van der Waals surface area contributed by atoms with Crippen LogP contribution in [0.15, 0.2) is 72.3 Å². The Balaban J connectivity index is 1.81. The van der Waals surface area contributed by atoms with Crippen LogP contribution in [0.1, 0.15) is 15.9 Å². The number of amides is 1. The smallest absolute Gasteiger partial charge is 0.343 e. The number of ether oxygens (including phenoxy) is 2. The van der Waals surface area contributed by atoms with Crippen molar-refractivity contribution in [1.82, 2.24) is 0 Å². The van der Waals surface area contributed by atoms with E-state index >= 15 is 0 Å². The molecule has 3 aromatic carbocycles. The molecule has 0 atom stereocenters. The molecular weight excluding hydrogens is 451 g/mol. The highest BCUT2D eigenvalue weighted by atomic mass is 35.5. The minimum atomic E-state index is -0.651. The molecule has 0 aromatic heterocycles. The van der Waals surface area contributed by atoms with E-state index in [4.69, 9.17) is 32.7 Å². The molecule has 3 aromatic rings. The number of nitrogens with one attached hydrogen (secondary N) is 1. The van der Waals surface area contributed by atoms with Crippen molar-refractivity contribution in [2.45, 2.75) is 0 Å². The van der Waals surface area contributed by atoms with Crippen molar-refractivity contribution in [3.05, 3.63) is 93.5 Å². The summed E-state index contributed by atoms with van der Waals surface area (Å²) in [5.74, 6) is -0.436. The van der Waals surface area contributed by atoms with E-state index in [9.17, 15) is 14.9 Å². The highest BCUT2D eigenvalue weighted by molar-refractivity contribution is 6.42. The van der Waals surface area contributed by atoms with Crippen LogP contribution in [0.3, 0.4) is 0 Å². The molecule has 0 fully saturated rings. The first-order chi connectivity index (χ1) is 15.4. The molecule has 8 heteroatoms. The van der Waals surface area contributed by atoms with Crippen molar-refractivity contribution >= 4 is 46.8 Å². The fourth-order valence-electron chi connectivity index (χ4n) is 2.66. The Morgan fingerprint density at radius 1 is 1.00 bits per heavy atom. The zero-order valence-corrected chi connectivity index (χ0v) is 18.3. The third-order valence-corrected chi connectivity index (χ3v) is 5.03. The fraction of sp³-hybridized carbons (Fsp3) is 0.0417. The summed E-state index contributed by atoms with van der Waals surface area (Å²) in [5, 5.41) is 12.7. The topological polar surface area (TPSA) is 88.4 Å². The number of carbonyl (C=O) groups is 2. The Morgan fingerprint density at radius 3 is 2.38 bits per heavy atom. The van der Waals surface area contributed by atoms with Crippen molar-refractivity contribution in [2.75, 3.05) is 12.4 Å². The summed E-state index contributed by atoms with van der Waals surface area (Å²) in [5.41, 5.74) is 0.895. The van der Waals surface area contributed by atoms with Crippen molar-refractivity contribution in [3.63, 3.8) is 0 Å². The van der Waals surface area contributed by atoms with E-state index in [-0.39, 0.29) is 16.3 Å². The number of nitrogens with zero attached hydrogens (tertiary/aromatic N) is 1. The second-order valence-corrected chi connectivity index (χ2v) is 7.22. The number of rotatable bonds is 6. The number of benzene rings is 3. The first-order valence-electron chi connectivity index (χ1n) is 9.24. The van der Waals surface area contributed by atoms with Gasteiger partial charge in [0.05, 0.1) is 22.7 Å². The zero-order valence-electron chi connectivity index (χ0n) is 16.8. The number of nitriles is 1. The Morgan fingerprint density at radius 2 is 1.72 bits per heavy atom. The van der Waals surface area contributed by atoms with Gasteiger partial charge in [0.2, 0.25) is 0 Å². The molecule has 0 bridgehead atoms. The molecule has 0 saturated carbocycles. The van der Waals surface area contributed by atoms with E-state index in [1.165, 1.54) is 25.3 Å². The monoisotopic (exact) mass is 466 g/mol. The molecule has 1 N–H and O–H groups in total. The van der Waals surface area contributed by atoms with Crippen LogP contribution in [-0.2, 0) is 4.79 Å². The number of methoxy groups -OCH3 is 1. The molecule has 32 heavy (non-hydrogen) atoms. The second-order valence-electron chi connectivity index (χ2n) is 6.41. The van der Waals surface area contributed by atoms with Crippen molar-refractivity contribution in [2.24, 2.45) is 0 Å². The first-order valence-corrected chi connectivity index (χ1v) is 10.0. The minimum absolute atomic E-state index is 0.191. The number of anilines is 1. The molecule has 160 valence electrons. The normalized spacial score (nSPS) is 10.8. The quantitative estimate of drug-likeness (QED) is 0.215. The summed E-state index contributed by atoms with van der Waals surface area (Å²) in [4.78, 5) is 25.1. The lowest BCUT2D eigenvalue weighted by Crippen LogP contribution is -2.13. The standard InChI is InChI=1S/C24H16Cl2N2O4/c1-31-19-9-6-15(7-10-19)24(30)32-22-5-3-2-4-16(22)12-17(14-27)23(29)28-18-8-11-20(25)21(26)13-18/h2-13H,1H3,(H,28,29)/b17-12+. The van der Waals surface area contributed by atoms with Crippen LogP contribution >= 0.6 is 23.2 Å². The molecule has 0 radical (unpaired) electrons.